The van der Waals surface area contributed by atoms with Crippen molar-refractivity contribution in [3.63, 3.8) is 0 Å². The third kappa shape index (κ3) is 3.75. The summed E-state index contributed by atoms with van der Waals surface area (Å²) in [4.78, 5) is 0. The number of rotatable bonds is 5. The van der Waals surface area contributed by atoms with Crippen molar-refractivity contribution in [2.45, 2.75) is 19.8 Å². The van der Waals surface area contributed by atoms with Gasteiger partial charge in [-0.15, -0.1) is 0 Å². The van der Waals surface area contributed by atoms with Gasteiger partial charge in [0.05, 0.1) is 0 Å². The first-order chi connectivity index (χ1) is 6.70. The molecule has 0 radical (unpaired) electrons. The van der Waals surface area contributed by atoms with Gasteiger partial charge in [0.15, 0.2) is 0 Å². The molecule has 0 fully saturated rings. The first-order valence-electron chi connectivity index (χ1n) is 5.10. The Labute approximate surface area is 86.8 Å². The molecule has 0 saturated carbocycles. The van der Waals surface area contributed by atoms with Crippen LogP contribution in [0.15, 0.2) is 42.5 Å². The van der Waals surface area contributed by atoms with Crippen LogP contribution in [-0.2, 0) is 0 Å². The predicted molar refractivity (Wildman–Crippen MR) is 62.5 cm³/mol. The van der Waals surface area contributed by atoms with Gasteiger partial charge < -0.3 is 5.32 Å². The van der Waals surface area contributed by atoms with E-state index in [1.54, 1.807) is 0 Å². The molecule has 1 N–H and O–H groups in total. The highest BCUT2D eigenvalue weighted by molar-refractivity contribution is 5.19. The maximum atomic E-state index is 3.86. The van der Waals surface area contributed by atoms with E-state index in [-0.39, 0.29) is 0 Å². The van der Waals surface area contributed by atoms with Gasteiger partial charge in [0.1, 0.15) is 0 Å². The molecule has 0 spiro atoms. The zero-order valence-electron chi connectivity index (χ0n) is 9.09. The van der Waals surface area contributed by atoms with Crippen molar-refractivity contribution in [2.75, 3.05) is 13.1 Å². The lowest BCUT2D eigenvalue weighted by atomic mass is 10.0. The van der Waals surface area contributed by atoms with Crippen molar-refractivity contribution in [1.82, 2.24) is 5.32 Å². The Bertz CT molecular complexity index is 277. The Morgan fingerprint density at radius 2 is 2.00 bits per heavy atom. The topological polar surface area (TPSA) is 12.0 Å². The monoisotopic (exact) mass is 189 g/mol. The van der Waals surface area contributed by atoms with E-state index < -0.39 is 0 Å². The van der Waals surface area contributed by atoms with Gasteiger partial charge in [-0.05, 0) is 18.4 Å². The van der Waals surface area contributed by atoms with Crippen LogP contribution in [0.3, 0.4) is 0 Å². The average Bonchev–Trinajstić information content (AvgIpc) is 2.18. The fraction of sp³-hybridized carbons (Fsp3) is 0.385. The van der Waals surface area contributed by atoms with Crippen LogP contribution in [0, 0.1) is 0 Å². The van der Waals surface area contributed by atoms with E-state index >= 15 is 0 Å². The number of hydrogen-bond acceptors (Lipinski definition) is 1. The molecule has 76 valence electrons. The van der Waals surface area contributed by atoms with Crippen molar-refractivity contribution in [3.05, 3.63) is 48.0 Å². The van der Waals surface area contributed by atoms with Crippen LogP contribution >= 0.6 is 0 Å². The molecule has 0 aliphatic rings. The Morgan fingerprint density at radius 1 is 1.36 bits per heavy atom. The van der Waals surface area contributed by atoms with Gasteiger partial charge in [0, 0.05) is 13.1 Å². The van der Waals surface area contributed by atoms with E-state index in [9.17, 15) is 0 Å². The minimum atomic E-state index is 0.565. The van der Waals surface area contributed by atoms with Crippen molar-refractivity contribution in [2.24, 2.45) is 0 Å². The molecule has 1 aromatic carbocycles. The maximum Gasteiger partial charge on any atom is 0.0159 e. The molecular formula is C13H19N. The summed E-state index contributed by atoms with van der Waals surface area (Å²) in [6.07, 6.45) is 0. The molecule has 0 aromatic heterocycles. The lowest BCUT2D eigenvalue weighted by Gasteiger charge is -2.12. The molecule has 0 bridgehead atoms. The highest BCUT2D eigenvalue weighted by atomic mass is 14.9. The summed E-state index contributed by atoms with van der Waals surface area (Å²) < 4.78 is 0. The SMILES string of the molecule is C=C(C)CNCC(C)c1ccccc1. The predicted octanol–water partition coefficient (Wildman–Crippen LogP) is 2.96. The maximum absolute atomic E-state index is 3.86. The lowest BCUT2D eigenvalue weighted by Crippen LogP contribution is -2.21. The fourth-order valence-corrected chi connectivity index (χ4v) is 1.40. The highest BCUT2D eigenvalue weighted by Gasteiger charge is 2.02. The summed E-state index contributed by atoms with van der Waals surface area (Å²) >= 11 is 0. The molecule has 1 unspecified atom stereocenters. The van der Waals surface area contributed by atoms with Gasteiger partial charge in [0.2, 0.25) is 0 Å². The largest absolute Gasteiger partial charge is 0.312 e. The number of benzene rings is 1. The van der Waals surface area contributed by atoms with Gasteiger partial charge >= 0.3 is 0 Å². The summed E-state index contributed by atoms with van der Waals surface area (Å²) in [5.74, 6) is 0.565. The van der Waals surface area contributed by atoms with Crippen LogP contribution in [0.1, 0.15) is 25.3 Å². The average molecular weight is 189 g/mol. The lowest BCUT2D eigenvalue weighted by molar-refractivity contribution is 0.643. The van der Waals surface area contributed by atoms with Gasteiger partial charge in [-0.3, -0.25) is 0 Å². The molecule has 1 aromatic rings. The van der Waals surface area contributed by atoms with Crippen molar-refractivity contribution >= 4 is 0 Å². The smallest absolute Gasteiger partial charge is 0.0159 e. The first kappa shape index (κ1) is 11.0. The molecule has 1 nitrogen and oxygen atoms in total. The van der Waals surface area contributed by atoms with E-state index in [0.717, 1.165) is 13.1 Å². The zero-order chi connectivity index (χ0) is 10.4. The second-order valence-corrected chi connectivity index (χ2v) is 3.90. The standard InChI is InChI=1S/C13H19N/c1-11(2)9-14-10-12(3)13-7-5-4-6-8-13/h4-8,12,14H,1,9-10H2,2-3H3. The molecule has 0 heterocycles. The summed E-state index contributed by atoms with van der Waals surface area (Å²) in [5, 5.41) is 3.38. The quantitative estimate of drug-likeness (QED) is 0.702. The minimum absolute atomic E-state index is 0.565. The Morgan fingerprint density at radius 3 is 2.57 bits per heavy atom. The summed E-state index contributed by atoms with van der Waals surface area (Å²) in [5.41, 5.74) is 2.58. The van der Waals surface area contributed by atoms with Gasteiger partial charge in [-0.2, -0.15) is 0 Å². The molecule has 0 aliphatic carbocycles. The molecule has 1 atom stereocenters. The summed E-state index contributed by atoms with van der Waals surface area (Å²) in [7, 11) is 0. The van der Waals surface area contributed by atoms with Crippen LogP contribution < -0.4 is 5.32 Å². The van der Waals surface area contributed by atoms with Crippen LogP contribution in [0.4, 0.5) is 0 Å². The van der Waals surface area contributed by atoms with Gasteiger partial charge in [-0.1, -0.05) is 49.4 Å². The van der Waals surface area contributed by atoms with Crippen molar-refractivity contribution in [1.29, 1.82) is 0 Å². The fourth-order valence-electron chi connectivity index (χ4n) is 1.40. The molecule has 0 amide bonds. The van der Waals surface area contributed by atoms with Crippen LogP contribution in [0.2, 0.25) is 0 Å². The number of hydrogen-bond donors (Lipinski definition) is 1. The molecular weight excluding hydrogens is 170 g/mol. The van der Waals surface area contributed by atoms with Crippen molar-refractivity contribution < 1.29 is 0 Å². The molecule has 0 saturated heterocycles. The Hall–Kier alpha value is -1.08. The van der Waals surface area contributed by atoms with E-state index in [4.69, 9.17) is 0 Å². The van der Waals surface area contributed by atoms with E-state index in [2.05, 4.69) is 49.2 Å². The molecule has 1 rings (SSSR count). The van der Waals surface area contributed by atoms with Gasteiger partial charge in [-0.25, -0.2) is 0 Å². The molecule has 0 aliphatic heterocycles. The third-order valence-electron chi connectivity index (χ3n) is 2.25. The Kier molecular flexibility index (Phi) is 4.41. The second-order valence-electron chi connectivity index (χ2n) is 3.90. The number of nitrogens with one attached hydrogen (secondary N) is 1. The van der Waals surface area contributed by atoms with E-state index in [1.807, 2.05) is 6.92 Å². The van der Waals surface area contributed by atoms with E-state index in [0.29, 0.717) is 5.92 Å². The minimum Gasteiger partial charge on any atom is -0.312 e. The van der Waals surface area contributed by atoms with Gasteiger partial charge in [0.25, 0.3) is 0 Å². The van der Waals surface area contributed by atoms with Crippen LogP contribution in [0.25, 0.3) is 0 Å². The zero-order valence-corrected chi connectivity index (χ0v) is 9.09. The second kappa shape index (κ2) is 5.61. The first-order valence-corrected chi connectivity index (χ1v) is 5.10. The van der Waals surface area contributed by atoms with Crippen LogP contribution in [-0.4, -0.2) is 13.1 Å². The van der Waals surface area contributed by atoms with Crippen LogP contribution in [0.5, 0.6) is 0 Å². The third-order valence-corrected chi connectivity index (χ3v) is 2.25. The summed E-state index contributed by atoms with van der Waals surface area (Å²) in [6.45, 7) is 10.1. The molecule has 14 heavy (non-hydrogen) atoms. The summed E-state index contributed by atoms with van der Waals surface area (Å²) in [6, 6.07) is 10.6. The molecule has 1 heteroatoms. The van der Waals surface area contributed by atoms with Crippen molar-refractivity contribution in [3.8, 4) is 0 Å². The van der Waals surface area contributed by atoms with E-state index in [1.165, 1.54) is 11.1 Å². The highest BCUT2D eigenvalue weighted by Crippen LogP contribution is 2.12. The normalized spacial score (nSPS) is 12.4. The Balaban J connectivity index is 2.36.